The quantitative estimate of drug-likeness (QED) is 0.534. The number of nitrogens with zero attached hydrogens (tertiary/aromatic N) is 3. The van der Waals surface area contributed by atoms with Crippen LogP contribution in [-0.4, -0.2) is 14.8 Å². The summed E-state index contributed by atoms with van der Waals surface area (Å²) in [7, 11) is 0. The highest BCUT2D eigenvalue weighted by Crippen LogP contribution is 2.35. The van der Waals surface area contributed by atoms with E-state index in [1.807, 2.05) is 36.0 Å². The van der Waals surface area contributed by atoms with E-state index >= 15 is 0 Å². The van der Waals surface area contributed by atoms with Gasteiger partial charge in [0.1, 0.15) is 0 Å². The summed E-state index contributed by atoms with van der Waals surface area (Å²) in [6.45, 7) is 4.10. The van der Waals surface area contributed by atoms with Crippen molar-refractivity contribution < 1.29 is 0 Å². The molecule has 1 aromatic carbocycles. The molecule has 4 aromatic rings. The van der Waals surface area contributed by atoms with Crippen LogP contribution in [0.2, 0.25) is 0 Å². The second kappa shape index (κ2) is 5.07. The van der Waals surface area contributed by atoms with Crippen LogP contribution in [0, 0.1) is 13.8 Å². The zero-order valence-corrected chi connectivity index (χ0v) is 13.3. The van der Waals surface area contributed by atoms with E-state index in [1.165, 1.54) is 15.0 Å². The lowest BCUT2D eigenvalue weighted by molar-refractivity contribution is 0.849. The molecule has 4 heteroatoms. The molecule has 0 aliphatic heterocycles. The summed E-state index contributed by atoms with van der Waals surface area (Å²) < 4.78 is 3.23. The van der Waals surface area contributed by atoms with Crippen molar-refractivity contribution in [2.75, 3.05) is 0 Å². The van der Waals surface area contributed by atoms with Crippen LogP contribution >= 0.6 is 11.3 Å². The fourth-order valence-corrected chi connectivity index (χ4v) is 3.81. The van der Waals surface area contributed by atoms with Crippen LogP contribution in [0.5, 0.6) is 0 Å². The van der Waals surface area contributed by atoms with Crippen molar-refractivity contribution in [3.63, 3.8) is 0 Å². The summed E-state index contributed by atoms with van der Waals surface area (Å²) in [4.78, 5) is 5.82. The van der Waals surface area contributed by atoms with Gasteiger partial charge in [-0.1, -0.05) is 24.3 Å². The van der Waals surface area contributed by atoms with Gasteiger partial charge in [0.25, 0.3) is 0 Å². The van der Waals surface area contributed by atoms with Crippen molar-refractivity contribution >= 4 is 21.4 Å². The number of rotatable bonds is 2. The van der Waals surface area contributed by atoms with E-state index < -0.39 is 0 Å². The third kappa shape index (κ3) is 2.12. The molecule has 0 aliphatic rings. The largest absolute Gasteiger partial charge is 0.234 e. The fourth-order valence-electron chi connectivity index (χ4n) is 2.65. The maximum absolute atomic E-state index is 4.60. The second-order valence-electron chi connectivity index (χ2n) is 5.37. The maximum Gasteiger partial charge on any atom is 0.154 e. The molecule has 0 aliphatic carbocycles. The molecular formula is C18H15N3S. The van der Waals surface area contributed by atoms with Gasteiger partial charge in [0.15, 0.2) is 5.82 Å². The Kier molecular flexibility index (Phi) is 3.05. The Hall–Kier alpha value is -2.46. The van der Waals surface area contributed by atoms with Crippen molar-refractivity contribution in [3.05, 3.63) is 66.0 Å². The minimum absolute atomic E-state index is 0.862. The Bertz CT molecular complexity index is 932. The number of fused-ring (bicyclic) bond motifs is 1. The average molecular weight is 305 g/mol. The fraction of sp³-hybridized carbons (Fsp3) is 0.111. The van der Waals surface area contributed by atoms with Crippen LogP contribution < -0.4 is 0 Å². The van der Waals surface area contributed by atoms with Gasteiger partial charge in [0.2, 0.25) is 0 Å². The van der Waals surface area contributed by atoms with E-state index in [0.29, 0.717) is 0 Å². The number of hydrogen-bond acceptors (Lipinski definition) is 3. The summed E-state index contributed by atoms with van der Waals surface area (Å²) in [5.74, 6) is 0.862. The summed E-state index contributed by atoms with van der Waals surface area (Å²) in [6, 6.07) is 16.7. The zero-order valence-electron chi connectivity index (χ0n) is 12.4. The number of aryl methyl sites for hydroxylation is 2. The minimum atomic E-state index is 0.862. The molecule has 0 unspecified atom stereocenters. The lowest BCUT2D eigenvalue weighted by Gasteiger charge is -2.06. The first-order valence-corrected chi connectivity index (χ1v) is 8.01. The van der Waals surface area contributed by atoms with Crippen LogP contribution in [0.3, 0.4) is 0 Å². The van der Waals surface area contributed by atoms with E-state index in [9.17, 15) is 0 Å². The molecule has 22 heavy (non-hydrogen) atoms. The minimum Gasteiger partial charge on any atom is -0.234 e. The van der Waals surface area contributed by atoms with Crippen LogP contribution in [-0.2, 0) is 0 Å². The number of thiophene rings is 1. The predicted molar refractivity (Wildman–Crippen MR) is 91.7 cm³/mol. The van der Waals surface area contributed by atoms with Crippen LogP contribution in [0.15, 0.2) is 54.7 Å². The van der Waals surface area contributed by atoms with Gasteiger partial charge in [-0.15, -0.1) is 11.3 Å². The number of hydrogen-bond donors (Lipinski definition) is 0. The molecule has 3 heterocycles. The molecule has 3 nitrogen and oxygen atoms in total. The van der Waals surface area contributed by atoms with Crippen molar-refractivity contribution in [2.24, 2.45) is 0 Å². The third-order valence-corrected chi connectivity index (χ3v) is 4.82. The number of pyridine rings is 1. The molecule has 4 rings (SSSR count). The van der Waals surface area contributed by atoms with Gasteiger partial charge in [-0.05, 0) is 49.1 Å². The normalized spacial score (nSPS) is 11.2. The Morgan fingerprint density at radius 1 is 1.00 bits per heavy atom. The highest BCUT2D eigenvalue weighted by Gasteiger charge is 2.15. The van der Waals surface area contributed by atoms with Gasteiger partial charge in [0, 0.05) is 10.4 Å². The summed E-state index contributed by atoms with van der Waals surface area (Å²) in [5.41, 5.74) is 3.28. The SMILES string of the molecule is Cc1cccc(-n2ncc(C)c2-c2cc3ccccc3s2)n1. The van der Waals surface area contributed by atoms with Gasteiger partial charge in [-0.25, -0.2) is 9.67 Å². The Morgan fingerprint density at radius 3 is 2.68 bits per heavy atom. The van der Waals surface area contributed by atoms with E-state index in [0.717, 1.165) is 22.8 Å². The molecule has 0 bridgehead atoms. The van der Waals surface area contributed by atoms with Gasteiger partial charge in [-0.3, -0.25) is 0 Å². The van der Waals surface area contributed by atoms with Crippen molar-refractivity contribution in [1.82, 2.24) is 14.8 Å². The third-order valence-electron chi connectivity index (χ3n) is 3.70. The number of aromatic nitrogens is 3. The highest BCUT2D eigenvalue weighted by atomic mass is 32.1. The Labute approximate surface area is 132 Å². The van der Waals surface area contributed by atoms with Crippen molar-refractivity contribution in [3.8, 4) is 16.4 Å². The van der Waals surface area contributed by atoms with Crippen molar-refractivity contribution in [2.45, 2.75) is 13.8 Å². The molecule has 0 saturated carbocycles. The van der Waals surface area contributed by atoms with Crippen LogP contribution in [0.1, 0.15) is 11.3 Å². The van der Waals surface area contributed by atoms with E-state index in [4.69, 9.17) is 0 Å². The molecular weight excluding hydrogens is 290 g/mol. The van der Waals surface area contributed by atoms with E-state index in [-0.39, 0.29) is 0 Å². The molecule has 0 spiro atoms. The summed E-state index contributed by atoms with van der Waals surface area (Å²) >= 11 is 1.79. The van der Waals surface area contributed by atoms with Gasteiger partial charge in [-0.2, -0.15) is 5.10 Å². The topological polar surface area (TPSA) is 30.7 Å². The van der Waals surface area contributed by atoms with E-state index in [1.54, 1.807) is 11.3 Å². The van der Waals surface area contributed by atoms with E-state index in [2.05, 4.69) is 47.3 Å². The predicted octanol–water partition coefficient (Wildman–Crippen LogP) is 4.77. The monoisotopic (exact) mass is 305 g/mol. The van der Waals surface area contributed by atoms with Crippen LogP contribution in [0.4, 0.5) is 0 Å². The lowest BCUT2D eigenvalue weighted by atomic mass is 10.2. The smallest absolute Gasteiger partial charge is 0.154 e. The van der Waals surface area contributed by atoms with Crippen molar-refractivity contribution in [1.29, 1.82) is 0 Å². The standard InChI is InChI=1S/C18H15N3S/c1-12-11-19-21(17-9-5-6-13(2)20-17)18(12)16-10-14-7-3-4-8-15(14)22-16/h3-11H,1-2H3. The first kappa shape index (κ1) is 13.2. The number of benzene rings is 1. The average Bonchev–Trinajstić information content (AvgIpc) is 3.10. The molecule has 3 aromatic heterocycles. The molecule has 0 atom stereocenters. The zero-order chi connectivity index (χ0) is 15.1. The van der Waals surface area contributed by atoms with Crippen LogP contribution in [0.25, 0.3) is 26.5 Å². The Balaban J connectivity index is 1.93. The van der Waals surface area contributed by atoms with Gasteiger partial charge in [0.05, 0.1) is 16.8 Å². The molecule has 0 radical (unpaired) electrons. The Morgan fingerprint density at radius 2 is 1.86 bits per heavy atom. The first-order valence-electron chi connectivity index (χ1n) is 7.20. The first-order chi connectivity index (χ1) is 10.7. The second-order valence-corrected chi connectivity index (χ2v) is 6.46. The maximum atomic E-state index is 4.60. The summed E-state index contributed by atoms with van der Waals surface area (Å²) in [6.07, 6.45) is 1.91. The van der Waals surface area contributed by atoms with Gasteiger partial charge >= 0.3 is 0 Å². The molecule has 0 saturated heterocycles. The lowest BCUT2D eigenvalue weighted by Crippen LogP contribution is -2.02. The molecule has 0 fully saturated rings. The molecule has 0 N–H and O–H groups in total. The van der Waals surface area contributed by atoms with Gasteiger partial charge < -0.3 is 0 Å². The highest BCUT2D eigenvalue weighted by molar-refractivity contribution is 7.22. The molecule has 108 valence electrons. The summed E-state index contributed by atoms with van der Waals surface area (Å²) in [5, 5.41) is 5.80. The molecule has 0 amide bonds.